The van der Waals surface area contributed by atoms with Crippen molar-refractivity contribution in [1.29, 1.82) is 0 Å². The quantitative estimate of drug-likeness (QED) is 0.561. The van der Waals surface area contributed by atoms with Crippen molar-refractivity contribution in [3.05, 3.63) is 76.3 Å². The van der Waals surface area contributed by atoms with Crippen LogP contribution in [0.5, 0.6) is 17.2 Å². The van der Waals surface area contributed by atoms with E-state index in [-0.39, 0.29) is 29.0 Å². The number of carboxylic acids is 1. The number of ether oxygens (including phenoxy) is 3. The average molecular weight is 431 g/mol. The highest BCUT2D eigenvalue weighted by Crippen LogP contribution is 2.41. The molecule has 0 amide bonds. The highest BCUT2D eigenvalue weighted by Gasteiger charge is 2.23. The second-order valence-electron chi connectivity index (χ2n) is 6.47. The number of benzene rings is 3. The van der Waals surface area contributed by atoms with Gasteiger partial charge in [-0.05, 0) is 41.0 Å². The van der Waals surface area contributed by atoms with Crippen LogP contribution < -0.4 is 14.2 Å². The summed E-state index contributed by atoms with van der Waals surface area (Å²) in [6, 6.07) is 18.1. The van der Waals surface area contributed by atoms with Gasteiger partial charge >= 0.3 is 5.97 Å². The van der Waals surface area contributed by atoms with Crippen molar-refractivity contribution < 1.29 is 24.1 Å². The van der Waals surface area contributed by atoms with Crippen molar-refractivity contribution in [3.63, 3.8) is 0 Å². The zero-order valence-corrected chi connectivity index (χ0v) is 16.6. The summed E-state index contributed by atoms with van der Waals surface area (Å²) in [6.45, 7) is 0.186. The Kier molecular flexibility index (Phi) is 5.51. The van der Waals surface area contributed by atoms with Crippen LogP contribution in [0.25, 0.3) is 11.1 Å². The molecule has 3 aromatic carbocycles. The largest absolute Gasteiger partial charge is 0.478 e. The summed E-state index contributed by atoms with van der Waals surface area (Å²) in [7, 11) is 0. The monoisotopic (exact) mass is 430 g/mol. The van der Waals surface area contributed by atoms with Crippen molar-refractivity contribution >= 4 is 29.2 Å². The van der Waals surface area contributed by atoms with Gasteiger partial charge in [-0.1, -0.05) is 59.6 Å². The smallest absolute Gasteiger partial charge is 0.345 e. The standard InChI is InChI=1S/C22H16Cl2O5/c23-16-9-15(14-6-7-18-19(11-14)28-12-27-18)10-17(24)21(16)29-20(22(25)26)8-13-4-2-1-3-5-13/h1-7,9-11,20H,8,12H2,(H,25,26)/t20-/m1/s1. The maximum absolute atomic E-state index is 11.7. The number of carbonyl (C=O) groups is 1. The molecule has 29 heavy (non-hydrogen) atoms. The fourth-order valence-electron chi connectivity index (χ4n) is 3.07. The average Bonchev–Trinajstić information content (AvgIpc) is 3.18. The molecule has 0 bridgehead atoms. The van der Waals surface area contributed by atoms with Crippen LogP contribution in [0, 0.1) is 0 Å². The lowest BCUT2D eigenvalue weighted by molar-refractivity contribution is -0.145. The van der Waals surface area contributed by atoms with Crippen LogP contribution in [-0.2, 0) is 11.2 Å². The van der Waals surface area contributed by atoms with Crippen LogP contribution in [0.4, 0.5) is 0 Å². The Bertz CT molecular complexity index is 1030. The molecular formula is C22H16Cl2O5. The molecule has 1 atom stereocenters. The number of aliphatic carboxylic acids is 1. The fourth-order valence-corrected chi connectivity index (χ4v) is 3.64. The van der Waals surface area contributed by atoms with E-state index in [1.807, 2.05) is 48.5 Å². The van der Waals surface area contributed by atoms with Gasteiger partial charge in [0.25, 0.3) is 0 Å². The minimum atomic E-state index is -1.12. The summed E-state index contributed by atoms with van der Waals surface area (Å²) in [6.07, 6.45) is -0.934. The van der Waals surface area contributed by atoms with Crippen molar-refractivity contribution in [2.75, 3.05) is 6.79 Å². The van der Waals surface area contributed by atoms with Crippen LogP contribution >= 0.6 is 23.2 Å². The highest BCUT2D eigenvalue weighted by atomic mass is 35.5. The first kappa shape index (κ1) is 19.4. The summed E-state index contributed by atoms with van der Waals surface area (Å²) in [4.78, 5) is 11.7. The van der Waals surface area contributed by atoms with E-state index < -0.39 is 12.1 Å². The summed E-state index contributed by atoms with van der Waals surface area (Å²) >= 11 is 12.8. The van der Waals surface area contributed by atoms with Gasteiger partial charge in [-0.25, -0.2) is 4.79 Å². The summed E-state index contributed by atoms with van der Waals surface area (Å²) in [5.74, 6) is 0.363. The number of hydrogen-bond donors (Lipinski definition) is 1. The molecule has 0 aliphatic carbocycles. The molecule has 7 heteroatoms. The second-order valence-corrected chi connectivity index (χ2v) is 7.29. The molecule has 0 saturated carbocycles. The minimum Gasteiger partial charge on any atom is -0.478 e. The summed E-state index contributed by atoms with van der Waals surface area (Å²) in [5, 5.41) is 10.0. The third-order valence-electron chi connectivity index (χ3n) is 4.50. The van der Waals surface area contributed by atoms with E-state index >= 15 is 0 Å². The Morgan fingerprint density at radius 3 is 2.34 bits per heavy atom. The van der Waals surface area contributed by atoms with Crippen molar-refractivity contribution in [3.8, 4) is 28.4 Å². The highest BCUT2D eigenvalue weighted by molar-refractivity contribution is 6.37. The third-order valence-corrected chi connectivity index (χ3v) is 5.07. The first-order valence-electron chi connectivity index (χ1n) is 8.84. The number of carboxylic acid groups (broad SMARTS) is 1. The normalized spacial score (nSPS) is 13.2. The Hall–Kier alpha value is -2.89. The van der Waals surface area contributed by atoms with Gasteiger partial charge in [0, 0.05) is 6.42 Å². The first-order valence-corrected chi connectivity index (χ1v) is 9.59. The van der Waals surface area contributed by atoms with Crippen LogP contribution in [0.15, 0.2) is 60.7 Å². The Balaban J connectivity index is 1.60. The van der Waals surface area contributed by atoms with E-state index in [9.17, 15) is 9.90 Å². The summed E-state index contributed by atoms with van der Waals surface area (Å²) < 4.78 is 16.4. The van der Waals surface area contributed by atoms with Gasteiger partial charge in [-0.3, -0.25) is 0 Å². The fraction of sp³-hybridized carbons (Fsp3) is 0.136. The lowest BCUT2D eigenvalue weighted by Gasteiger charge is -2.18. The molecule has 1 heterocycles. The number of hydrogen-bond acceptors (Lipinski definition) is 4. The van der Waals surface area contributed by atoms with E-state index in [4.69, 9.17) is 37.4 Å². The lowest BCUT2D eigenvalue weighted by Crippen LogP contribution is -2.29. The SMILES string of the molecule is O=C(O)[C@@H](Cc1ccccc1)Oc1c(Cl)cc(-c2ccc3c(c2)OCO3)cc1Cl. The molecule has 1 aliphatic heterocycles. The molecule has 148 valence electrons. The predicted molar refractivity (Wildman–Crippen MR) is 110 cm³/mol. The topological polar surface area (TPSA) is 65.0 Å². The molecule has 1 aliphatic rings. The van der Waals surface area contributed by atoms with Gasteiger partial charge in [0.1, 0.15) is 0 Å². The first-order chi connectivity index (χ1) is 14.0. The zero-order chi connectivity index (χ0) is 20.4. The van der Waals surface area contributed by atoms with Crippen LogP contribution in [0.1, 0.15) is 5.56 Å². The van der Waals surface area contributed by atoms with Crippen molar-refractivity contribution in [1.82, 2.24) is 0 Å². The number of rotatable bonds is 6. The van der Waals surface area contributed by atoms with Crippen LogP contribution in [-0.4, -0.2) is 24.0 Å². The van der Waals surface area contributed by atoms with Crippen LogP contribution in [0.2, 0.25) is 10.0 Å². The molecule has 5 nitrogen and oxygen atoms in total. The van der Waals surface area contributed by atoms with Gasteiger partial charge in [0.15, 0.2) is 23.4 Å². The van der Waals surface area contributed by atoms with Crippen molar-refractivity contribution in [2.45, 2.75) is 12.5 Å². The van der Waals surface area contributed by atoms with Crippen molar-refractivity contribution in [2.24, 2.45) is 0 Å². The van der Waals surface area contributed by atoms with Gasteiger partial charge < -0.3 is 19.3 Å². The summed E-state index contributed by atoms with van der Waals surface area (Å²) in [5.41, 5.74) is 2.42. The molecule has 0 unspecified atom stereocenters. The van der Waals surface area contributed by atoms with Gasteiger partial charge in [0.05, 0.1) is 10.0 Å². The Labute approximate surface area is 177 Å². The number of fused-ring (bicyclic) bond motifs is 1. The molecule has 0 spiro atoms. The predicted octanol–water partition coefficient (Wildman–Crippen LogP) is 5.46. The number of halogens is 2. The van der Waals surface area contributed by atoms with Gasteiger partial charge in [0.2, 0.25) is 6.79 Å². The maximum atomic E-state index is 11.7. The third kappa shape index (κ3) is 4.26. The van der Waals surface area contributed by atoms with E-state index in [1.54, 1.807) is 12.1 Å². The maximum Gasteiger partial charge on any atom is 0.345 e. The molecule has 4 rings (SSSR count). The molecule has 0 aromatic heterocycles. The van der Waals surface area contributed by atoms with E-state index in [2.05, 4.69) is 0 Å². The molecule has 1 N–H and O–H groups in total. The van der Waals surface area contributed by atoms with E-state index in [0.29, 0.717) is 11.5 Å². The minimum absolute atomic E-state index is 0.140. The van der Waals surface area contributed by atoms with E-state index in [0.717, 1.165) is 16.7 Å². The molecule has 0 saturated heterocycles. The zero-order valence-electron chi connectivity index (χ0n) is 15.1. The Morgan fingerprint density at radius 2 is 1.66 bits per heavy atom. The Morgan fingerprint density at radius 1 is 0.966 bits per heavy atom. The van der Waals surface area contributed by atoms with E-state index in [1.165, 1.54) is 0 Å². The lowest BCUT2D eigenvalue weighted by atomic mass is 10.0. The van der Waals surface area contributed by atoms with Crippen LogP contribution in [0.3, 0.4) is 0 Å². The van der Waals surface area contributed by atoms with Gasteiger partial charge in [-0.15, -0.1) is 0 Å². The molecule has 0 fully saturated rings. The molecule has 0 radical (unpaired) electrons. The second kappa shape index (κ2) is 8.23. The molecule has 3 aromatic rings. The van der Waals surface area contributed by atoms with Gasteiger partial charge in [-0.2, -0.15) is 0 Å². The molecular weight excluding hydrogens is 415 g/mol.